The lowest BCUT2D eigenvalue weighted by atomic mass is 10.0. The second kappa shape index (κ2) is 8.62. The Kier molecular flexibility index (Phi) is 6.68. The molecule has 0 aromatic heterocycles. The van der Waals surface area contributed by atoms with E-state index in [0.29, 0.717) is 5.56 Å². The predicted molar refractivity (Wildman–Crippen MR) is 117 cm³/mol. The van der Waals surface area contributed by atoms with Gasteiger partial charge in [-0.25, -0.2) is 4.79 Å². The third kappa shape index (κ3) is 5.02. The molecule has 0 aliphatic heterocycles. The van der Waals surface area contributed by atoms with Gasteiger partial charge in [0.15, 0.2) is 0 Å². The van der Waals surface area contributed by atoms with Gasteiger partial charge >= 0.3 is 5.97 Å². The first kappa shape index (κ1) is 21.7. The molecule has 0 saturated heterocycles. The molecule has 0 aliphatic carbocycles. The van der Waals surface area contributed by atoms with Crippen molar-refractivity contribution in [3.8, 4) is 11.5 Å². The zero-order chi connectivity index (χ0) is 20.9. The summed E-state index contributed by atoms with van der Waals surface area (Å²) in [6, 6.07) is 12.4. The molecule has 0 unspecified atom stereocenters. The first-order chi connectivity index (χ1) is 13.1. The molecule has 2 aromatic carbocycles. The Hall–Kier alpha value is -2.58. The molecule has 1 amide bonds. The second-order valence-electron chi connectivity index (χ2n) is 8.46. The molecule has 0 heterocycles. The van der Waals surface area contributed by atoms with Crippen LogP contribution in [-0.4, -0.2) is 33.1 Å². The van der Waals surface area contributed by atoms with Gasteiger partial charge < -0.3 is 10.1 Å². The minimum absolute atomic E-state index is 0.132. The first-order valence-corrected chi connectivity index (χ1v) is 12.4. The summed E-state index contributed by atoms with van der Waals surface area (Å²) in [4.78, 5) is 25.1. The number of carbonyl (C=O) groups is 2. The monoisotopic (exact) mass is 395 g/mol. The van der Waals surface area contributed by atoms with E-state index in [9.17, 15) is 9.59 Å². The first-order valence-electron chi connectivity index (χ1n) is 9.43. The van der Waals surface area contributed by atoms with Crippen molar-refractivity contribution in [3.05, 3.63) is 48.0 Å². The lowest BCUT2D eigenvalue weighted by Crippen LogP contribution is -2.41. The Balaban J connectivity index is 2.23. The molecule has 2 aromatic rings. The Morgan fingerprint density at radius 2 is 1.75 bits per heavy atom. The van der Waals surface area contributed by atoms with Crippen LogP contribution in [0.15, 0.2) is 42.5 Å². The molecule has 0 bridgehead atoms. The minimum atomic E-state index is -1.78. The lowest BCUT2D eigenvalue weighted by molar-refractivity contribution is -0.142. The van der Waals surface area contributed by atoms with Gasteiger partial charge in [-0.15, -0.1) is 11.5 Å². The number of esters is 1. The second-order valence-corrected chi connectivity index (χ2v) is 13.5. The van der Waals surface area contributed by atoms with E-state index in [-0.39, 0.29) is 17.4 Å². The molecule has 0 radical (unpaired) electrons. The summed E-state index contributed by atoms with van der Waals surface area (Å²) >= 11 is 0. The van der Waals surface area contributed by atoms with Gasteiger partial charge in [-0.3, -0.25) is 4.79 Å². The minimum Gasteiger partial charge on any atom is -0.467 e. The van der Waals surface area contributed by atoms with Gasteiger partial charge in [0.25, 0.3) is 5.91 Å². The number of fused-ring (bicyclic) bond motifs is 1. The summed E-state index contributed by atoms with van der Waals surface area (Å²) in [5.74, 6) is 2.35. The highest BCUT2D eigenvalue weighted by Gasteiger charge is 2.33. The smallest absolute Gasteiger partial charge is 0.329 e. The Labute approximate surface area is 168 Å². The third-order valence-electron chi connectivity index (χ3n) is 5.41. The maximum atomic E-state index is 12.9. The van der Waals surface area contributed by atoms with Crippen LogP contribution >= 0.6 is 0 Å². The highest BCUT2D eigenvalue weighted by molar-refractivity contribution is 6.87. The fraction of sp³-hybridized carbons (Fsp3) is 0.391. The lowest BCUT2D eigenvalue weighted by Gasteiger charge is -2.31. The topological polar surface area (TPSA) is 55.4 Å². The summed E-state index contributed by atoms with van der Waals surface area (Å²) in [6.07, 6.45) is 0.232. The van der Waals surface area contributed by atoms with E-state index in [2.05, 4.69) is 50.6 Å². The maximum absolute atomic E-state index is 12.9. The molecular weight excluding hydrogens is 366 g/mol. The number of carbonyl (C=O) groups excluding carboxylic acids is 2. The number of nitrogens with one attached hydrogen (secondary N) is 1. The van der Waals surface area contributed by atoms with Crippen LogP contribution in [0.1, 0.15) is 37.6 Å². The van der Waals surface area contributed by atoms with Crippen molar-refractivity contribution < 1.29 is 14.3 Å². The molecule has 1 atom stereocenters. The standard InChI is InChI=1S/C23H29NO3Si/c1-23(2,3)28(5,6)16-10-15-20(22(26)27-4)24-21(25)19-14-9-12-17-11-7-8-13-18(17)19/h7-9,11-14,20H,15H2,1-6H3,(H,24,25)/t20-/m1/s1. The zero-order valence-electron chi connectivity index (χ0n) is 17.6. The van der Waals surface area contributed by atoms with Gasteiger partial charge in [0.1, 0.15) is 14.1 Å². The zero-order valence-corrected chi connectivity index (χ0v) is 18.6. The highest BCUT2D eigenvalue weighted by atomic mass is 28.3. The number of ether oxygens (including phenoxy) is 1. The van der Waals surface area contributed by atoms with Crippen LogP contribution in [0.25, 0.3) is 10.8 Å². The quantitative estimate of drug-likeness (QED) is 0.469. The Morgan fingerprint density at radius 3 is 2.39 bits per heavy atom. The van der Waals surface area contributed by atoms with E-state index in [1.165, 1.54) is 7.11 Å². The van der Waals surface area contributed by atoms with Gasteiger partial charge in [0, 0.05) is 12.0 Å². The van der Waals surface area contributed by atoms with Crippen molar-refractivity contribution in [2.75, 3.05) is 7.11 Å². The van der Waals surface area contributed by atoms with Crippen molar-refractivity contribution in [1.82, 2.24) is 5.32 Å². The molecule has 28 heavy (non-hydrogen) atoms. The normalized spacial score (nSPS) is 12.6. The van der Waals surface area contributed by atoms with Gasteiger partial charge in [0.05, 0.1) is 7.11 Å². The van der Waals surface area contributed by atoms with Gasteiger partial charge in [-0.1, -0.05) is 70.3 Å². The number of hydrogen-bond donors (Lipinski definition) is 1. The van der Waals surface area contributed by atoms with E-state index in [4.69, 9.17) is 4.74 Å². The van der Waals surface area contributed by atoms with Crippen molar-refractivity contribution in [3.63, 3.8) is 0 Å². The van der Waals surface area contributed by atoms with E-state index < -0.39 is 20.1 Å². The number of hydrogen-bond acceptors (Lipinski definition) is 3. The van der Waals surface area contributed by atoms with Gasteiger partial charge in [-0.2, -0.15) is 0 Å². The number of amides is 1. The average Bonchev–Trinajstić information content (AvgIpc) is 2.65. The van der Waals surface area contributed by atoms with Crippen LogP contribution in [0.3, 0.4) is 0 Å². The molecular formula is C23H29NO3Si. The maximum Gasteiger partial charge on any atom is 0.329 e. The summed E-state index contributed by atoms with van der Waals surface area (Å²) in [6.45, 7) is 11.0. The third-order valence-corrected chi connectivity index (χ3v) is 9.96. The van der Waals surface area contributed by atoms with Crippen LogP contribution in [0.5, 0.6) is 0 Å². The van der Waals surface area contributed by atoms with Crippen LogP contribution < -0.4 is 5.32 Å². The summed E-state index contributed by atoms with van der Waals surface area (Å²) in [7, 11) is -0.463. The van der Waals surface area contributed by atoms with Crippen LogP contribution in [0.2, 0.25) is 18.1 Å². The number of benzene rings is 2. The van der Waals surface area contributed by atoms with E-state index in [1.54, 1.807) is 6.07 Å². The molecule has 148 valence electrons. The molecule has 4 nitrogen and oxygen atoms in total. The summed E-state index contributed by atoms with van der Waals surface area (Å²) in [5, 5.41) is 4.75. The molecule has 0 fully saturated rings. The molecule has 0 aliphatic rings. The Morgan fingerprint density at radius 1 is 1.11 bits per heavy atom. The van der Waals surface area contributed by atoms with Crippen molar-refractivity contribution in [2.24, 2.45) is 0 Å². The van der Waals surface area contributed by atoms with Gasteiger partial charge in [-0.05, 0) is 21.9 Å². The fourth-order valence-electron chi connectivity index (χ4n) is 2.56. The molecule has 1 N–H and O–H groups in total. The van der Waals surface area contributed by atoms with Crippen LogP contribution in [0, 0.1) is 11.5 Å². The average molecular weight is 396 g/mol. The Bertz CT molecular complexity index is 927. The van der Waals surface area contributed by atoms with Crippen LogP contribution in [-0.2, 0) is 9.53 Å². The molecule has 0 saturated carbocycles. The molecule has 5 heteroatoms. The molecule has 0 spiro atoms. The molecule has 2 rings (SSSR count). The SMILES string of the molecule is COC(=O)[C@@H](CC#C[Si](C)(C)C(C)(C)C)NC(=O)c1cccc2ccccc12. The fourth-order valence-corrected chi connectivity index (χ4v) is 3.48. The number of methoxy groups -OCH3 is 1. The summed E-state index contributed by atoms with van der Waals surface area (Å²) < 4.78 is 4.88. The van der Waals surface area contributed by atoms with Crippen LogP contribution in [0.4, 0.5) is 0 Å². The van der Waals surface area contributed by atoms with E-state index in [0.717, 1.165) is 10.8 Å². The van der Waals surface area contributed by atoms with E-state index in [1.807, 2.05) is 36.4 Å². The van der Waals surface area contributed by atoms with Crippen molar-refractivity contribution in [1.29, 1.82) is 0 Å². The van der Waals surface area contributed by atoms with Crippen molar-refractivity contribution in [2.45, 2.75) is 51.4 Å². The predicted octanol–water partition coefficient (Wildman–Crippen LogP) is 4.55. The van der Waals surface area contributed by atoms with Gasteiger partial charge in [0.2, 0.25) is 0 Å². The largest absolute Gasteiger partial charge is 0.467 e. The van der Waals surface area contributed by atoms with Crippen molar-refractivity contribution >= 4 is 30.7 Å². The van der Waals surface area contributed by atoms with E-state index >= 15 is 0 Å². The summed E-state index contributed by atoms with van der Waals surface area (Å²) in [5.41, 5.74) is 3.91. The number of rotatable bonds is 4. The highest BCUT2D eigenvalue weighted by Crippen LogP contribution is 2.35.